The molecule has 2 amide bonds. The summed E-state index contributed by atoms with van der Waals surface area (Å²) in [5, 5.41) is 11.1. The number of hydrogen-bond donors (Lipinski definition) is 3. The van der Waals surface area contributed by atoms with Crippen molar-refractivity contribution >= 4 is 11.8 Å². The molecule has 0 aliphatic carbocycles. The molecule has 0 aliphatic rings. The summed E-state index contributed by atoms with van der Waals surface area (Å²) in [5.74, 6) is -0.381. The van der Waals surface area contributed by atoms with Crippen LogP contribution in [-0.2, 0) is 11.2 Å². The molecule has 0 aliphatic heterocycles. The second-order valence-corrected chi connectivity index (χ2v) is 7.42. The van der Waals surface area contributed by atoms with Crippen molar-refractivity contribution < 1.29 is 14.8 Å². The number of aromatic amines is 1. The minimum absolute atomic E-state index is 0.130. The average molecular weight is 406 g/mol. The first-order valence-corrected chi connectivity index (χ1v) is 9.79. The number of amides is 2. The molecule has 2 aromatic carbocycles. The third-order valence-electron chi connectivity index (χ3n) is 5.27. The van der Waals surface area contributed by atoms with Crippen molar-refractivity contribution in [2.45, 2.75) is 39.7 Å². The first kappa shape index (κ1) is 21.3. The Hall–Kier alpha value is -3.45. The zero-order valence-electron chi connectivity index (χ0n) is 17.3. The Bertz CT molecular complexity index is 1040. The maximum Gasteiger partial charge on any atom is 0.248 e. The summed E-state index contributed by atoms with van der Waals surface area (Å²) in [4.78, 5) is 31.4. The van der Waals surface area contributed by atoms with E-state index in [1.807, 2.05) is 44.2 Å². The van der Waals surface area contributed by atoms with Gasteiger partial charge in [-0.1, -0.05) is 30.3 Å². The van der Waals surface area contributed by atoms with E-state index >= 15 is 0 Å². The van der Waals surface area contributed by atoms with E-state index in [1.165, 1.54) is 0 Å². The average Bonchev–Trinajstić information content (AvgIpc) is 3.22. The smallest absolute Gasteiger partial charge is 0.248 e. The van der Waals surface area contributed by atoms with Crippen LogP contribution in [0, 0.1) is 13.8 Å². The minimum atomic E-state index is -0.616. The molecule has 1 aromatic heterocycles. The number of primary amides is 1. The first-order valence-electron chi connectivity index (χ1n) is 9.79. The van der Waals surface area contributed by atoms with Crippen LogP contribution < -0.4 is 5.73 Å². The van der Waals surface area contributed by atoms with Crippen LogP contribution in [0.2, 0.25) is 0 Å². The van der Waals surface area contributed by atoms with E-state index in [2.05, 4.69) is 9.97 Å². The molecule has 3 aromatic rings. The van der Waals surface area contributed by atoms with E-state index < -0.39 is 17.9 Å². The molecule has 0 unspecified atom stereocenters. The number of aromatic nitrogens is 2. The molecule has 0 saturated carbocycles. The Balaban J connectivity index is 1.66. The Labute approximate surface area is 175 Å². The number of benzene rings is 2. The largest absolute Gasteiger partial charge is 0.366 e. The molecule has 0 saturated heterocycles. The normalized spacial score (nSPS) is 11.9. The molecule has 30 heavy (non-hydrogen) atoms. The molecule has 3 rings (SSSR count). The monoisotopic (exact) mass is 406 g/mol. The van der Waals surface area contributed by atoms with E-state index in [4.69, 9.17) is 5.73 Å². The van der Waals surface area contributed by atoms with E-state index in [0.29, 0.717) is 17.8 Å². The molecule has 0 radical (unpaired) electrons. The number of aryl methyl sites for hydroxylation is 2. The highest BCUT2D eigenvalue weighted by molar-refractivity contribution is 5.93. The number of nitrogens with zero attached hydrogens (tertiary/aromatic N) is 2. The molecule has 4 N–H and O–H groups in total. The van der Waals surface area contributed by atoms with Gasteiger partial charge in [0.15, 0.2) is 0 Å². The highest BCUT2D eigenvalue weighted by Gasteiger charge is 2.22. The van der Waals surface area contributed by atoms with Crippen molar-refractivity contribution in [2.75, 3.05) is 0 Å². The highest BCUT2D eigenvalue weighted by atomic mass is 16.5. The van der Waals surface area contributed by atoms with Crippen molar-refractivity contribution in [3.05, 3.63) is 76.7 Å². The summed E-state index contributed by atoms with van der Waals surface area (Å²) >= 11 is 0. The van der Waals surface area contributed by atoms with Crippen LogP contribution in [0.5, 0.6) is 0 Å². The second kappa shape index (κ2) is 8.92. The Kier molecular flexibility index (Phi) is 6.32. The third kappa shape index (κ3) is 4.58. The number of rotatable bonds is 7. The fourth-order valence-electron chi connectivity index (χ4n) is 3.52. The summed E-state index contributed by atoms with van der Waals surface area (Å²) in [5.41, 5.74) is 10.4. The number of hydroxylamine groups is 2. The fraction of sp³-hybridized carbons (Fsp3) is 0.261. The summed E-state index contributed by atoms with van der Waals surface area (Å²) in [6.45, 7) is 5.47. The third-order valence-corrected chi connectivity index (χ3v) is 5.27. The quantitative estimate of drug-likeness (QED) is 0.410. The van der Waals surface area contributed by atoms with Crippen molar-refractivity contribution in [2.24, 2.45) is 5.73 Å². The van der Waals surface area contributed by atoms with Crippen LogP contribution in [0.15, 0.2) is 48.7 Å². The van der Waals surface area contributed by atoms with Gasteiger partial charge < -0.3 is 10.7 Å². The molecule has 0 fully saturated rings. The minimum Gasteiger partial charge on any atom is -0.366 e. The van der Waals surface area contributed by atoms with Crippen molar-refractivity contribution in [1.82, 2.24) is 15.0 Å². The lowest BCUT2D eigenvalue weighted by Crippen LogP contribution is -2.31. The predicted molar refractivity (Wildman–Crippen MR) is 114 cm³/mol. The maximum absolute atomic E-state index is 12.6. The standard InChI is InChI=1S/C23H26N4O3/c1-14-11-18(22(24)29)12-15(2)19(14)9-10-21(28)27(30)16(3)23-25-13-20(26-23)17-7-5-4-6-8-17/h4-8,11-13,16,30H,9-10H2,1-3H3,(H2,24,29)(H,25,26)/t16-/m0/s1. The first-order chi connectivity index (χ1) is 14.3. The van der Waals surface area contributed by atoms with Crippen LogP contribution in [0.1, 0.15) is 52.3 Å². The second-order valence-electron chi connectivity index (χ2n) is 7.42. The van der Waals surface area contributed by atoms with Gasteiger partial charge in [0.25, 0.3) is 0 Å². The number of carbonyl (C=O) groups is 2. The summed E-state index contributed by atoms with van der Waals surface area (Å²) < 4.78 is 0. The lowest BCUT2D eigenvalue weighted by atomic mass is 9.95. The highest BCUT2D eigenvalue weighted by Crippen LogP contribution is 2.23. The van der Waals surface area contributed by atoms with E-state index in [9.17, 15) is 14.8 Å². The molecule has 1 atom stereocenters. The molecule has 156 valence electrons. The van der Waals surface area contributed by atoms with Gasteiger partial charge in [0.05, 0.1) is 11.9 Å². The molecule has 1 heterocycles. The lowest BCUT2D eigenvalue weighted by Gasteiger charge is -2.21. The van der Waals surface area contributed by atoms with Gasteiger partial charge in [0, 0.05) is 12.0 Å². The molecule has 7 heteroatoms. The summed E-state index contributed by atoms with van der Waals surface area (Å²) in [7, 11) is 0. The van der Waals surface area contributed by atoms with E-state index in [1.54, 1.807) is 25.3 Å². The van der Waals surface area contributed by atoms with E-state index in [-0.39, 0.29) is 6.42 Å². The number of nitrogens with one attached hydrogen (secondary N) is 1. The van der Waals surface area contributed by atoms with Gasteiger partial charge in [-0.25, -0.2) is 10.0 Å². The lowest BCUT2D eigenvalue weighted by molar-refractivity contribution is -0.175. The zero-order chi connectivity index (χ0) is 21.8. The number of carbonyl (C=O) groups excluding carboxylic acids is 2. The van der Waals surface area contributed by atoms with Gasteiger partial charge in [-0.3, -0.25) is 14.8 Å². The van der Waals surface area contributed by atoms with Gasteiger partial charge in [-0.15, -0.1) is 0 Å². The zero-order valence-corrected chi connectivity index (χ0v) is 17.3. The molecule has 7 nitrogen and oxygen atoms in total. The summed E-state index contributed by atoms with van der Waals surface area (Å²) in [6.07, 6.45) is 2.27. The van der Waals surface area contributed by atoms with Gasteiger partial charge in [0.1, 0.15) is 11.9 Å². The van der Waals surface area contributed by atoms with Crippen LogP contribution in [0.4, 0.5) is 0 Å². The summed E-state index contributed by atoms with van der Waals surface area (Å²) in [6, 6.07) is 12.5. The fourth-order valence-corrected chi connectivity index (χ4v) is 3.52. The molecular formula is C23H26N4O3. The molecular weight excluding hydrogens is 380 g/mol. The van der Waals surface area contributed by atoms with Crippen LogP contribution in [0.25, 0.3) is 11.3 Å². The van der Waals surface area contributed by atoms with Crippen molar-refractivity contribution in [3.63, 3.8) is 0 Å². The van der Waals surface area contributed by atoms with Crippen molar-refractivity contribution in [3.8, 4) is 11.3 Å². The molecule has 0 bridgehead atoms. The number of hydrogen-bond acceptors (Lipinski definition) is 4. The maximum atomic E-state index is 12.6. The number of imidazole rings is 1. The van der Waals surface area contributed by atoms with Crippen LogP contribution in [-0.4, -0.2) is 32.1 Å². The topological polar surface area (TPSA) is 112 Å². The SMILES string of the molecule is Cc1cc(C(N)=O)cc(C)c1CCC(=O)N(O)[C@@H](C)c1ncc(-c2ccccc2)[nH]1. The van der Waals surface area contributed by atoms with E-state index in [0.717, 1.165) is 33.0 Å². The van der Waals surface area contributed by atoms with Crippen LogP contribution >= 0.6 is 0 Å². The van der Waals surface area contributed by atoms with Gasteiger partial charge in [-0.05, 0) is 61.6 Å². The van der Waals surface area contributed by atoms with Gasteiger partial charge >= 0.3 is 0 Å². The number of H-pyrrole nitrogens is 1. The Morgan fingerprint density at radius 1 is 1.17 bits per heavy atom. The van der Waals surface area contributed by atoms with Gasteiger partial charge in [-0.2, -0.15) is 0 Å². The number of nitrogens with two attached hydrogens (primary N) is 1. The Morgan fingerprint density at radius 3 is 2.40 bits per heavy atom. The molecule has 0 spiro atoms. The van der Waals surface area contributed by atoms with Gasteiger partial charge in [0.2, 0.25) is 11.8 Å². The predicted octanol–water partition coefficient (Wildman–Crippen LogP) is 3.70. The van der Waals surface area contributed by atoms with Crippen LogP contribution in [0.3, 0.4) is 0 Å². The Morgan fingerprint density at radius 2 is 1.80 bits per heavy atom. The van der Waals surface area contributed by atoms with Crippen molar-refractivity contribution in [1.29, 1.82) is 0 Å².